The summed E-state index contributed by atoms with van der Waals surface area (Å²) >= 11 is 0. The summed E-state index contributed by atoms with van der Waals surface area (Å²) in [5, 5.41) is 4.28. The van der Waals surface area contributed by atoms with Crippen LogP contribution in [0.15, 0.2) is 24.3 Å². The van der Waals surface area contributed by atoms with Gasteiger partial charge in [-0.05, 0) is 44.7 Å². The molecule has 1 atom stereocenters. The number of aromatic nitrogens is 1. The van der Waals surface area contributed by atoms with Gasteiger partial charge in [-0.2, -0.15) is 0 Å². The molecule has 1 aliphatic carbocycles. The number of para-hydroxylation sites is 1. The molecule has 1 aliphatic heterocycles. The number of hydrogen-bond acceptors (Lipinski definition) is 3. The van der Waals surface area contributed by atoms with Crippen molar-refractivity contribution in [2.45, 2.75) is 64.0 Å². The maximum atomic E-state index is 13.2. The van der Waals surface area contributed by atoms with E-state index >= 15 is 0 Å². The molecular formula is C22H29N3O3. The lowest BCUT2D eigenvalue weighted by atomic mass is 9.86. The van der Waals surface area contributed by atoms with E-state index in [4.69, 9.17) is 4.74 Å². The van der Waals surface area contributed by atoms with Gasteiger partial charge in [0, 0.05) is 23.5 Å². The van der Waals surface area contributed by atoms with Gasteiger partial charge in [0.15, 0.2) is 5.54 Å². The molecule has 0 saturated heterocycles. The molecule has 0 spiro atoms. The van der Waals surface area contributed by atoms with Gasteiger partial charge < -0.3 is 19.9 Å². The summed E-state index contributed by atoms with van der Waals surface area (Å²) in [7, 11) is 0. The molecule has 0 bridgehead atoms. The zero-order valence-corrected chi connectivity index (χ0v) is 16.7. The fourth-order valence-corrected chi connectivity index (χ4v) is 4.75. The van der Waals surface area contributed by atoms with Gasteiger partial charge in [0.2, 0.25) is 0 Å². The van der Waals surface area contributed by atoms with Gasteiger partial charge in [-0.15, -0.1) is 0 Å². The highest BCUT2D eigenvalue weighted by Crippen LogP contribution is 2.40. The molecule has 1 fully saturated rings. The molecule has 2 heterocycles. The highest BCUT2D eigenvalue weighted by atomic mass is 16.5. The number of fused-ring (bicyclic) bond motifs is 3. The number of nitrogens with one attached hydrogen (secondary N) is 2. The summed E-state index contributed by atoms with van der Waals surface area (Å²) in [6.45, 7) is 4.37. The Hall–Kier alpha value is -2.50. The first kappa shape index (κ1) is 18.8. The summed E-state index contributed by atoms with van der Waals surface area (Å²) < 4.78 is 5.43. The number of nitrogens with zero attached hydrogens (tertiary/aromatic N) is 1. The highest BCUT2D eigenvalue weighted by Gasteiger charge is 2.50. The molecule has 2 N–H and O–H groups in total. The van der Waals surface area contributed by atoms with Crippen LogP contribution in [0.3, 0.4) is 0 Å². The second kappa shape index (κ2) is 7.49. The predicted molar refractivity (Wildman–Crippen MR) is 108 cm³/mol. The Bertz CT molecular complexity index is 884. The van der Waals surface area contributed by atoms with Crippen molar-refractivity contribution in [3.05, 3.63) is 35.5 Å². The fraction of sp³-hybridized carbons (Fsp3) is 0.545. The van der Waals surface area contributed by atoms with Gasteiger partial charge in [0.05, 0.1) is 12.3 Å². The molecule has 2 aromatic rings. The Morgan fingerprint density at radius 1 is 1.25 bits per heavy atom. The molecule has 1 saturated carbocycles. The van der Waals surface area contributed by atoms with Crippen molar-refractivity contribution in [3.8, 4) is 0 Å². The topological polar surface area (TPSA) is 74.4 Å². The van der Waals surface area contributed by atoms with Crippen LogP contribution in [0.2, 0.25) is 0 Å². The van der Waals surface area contributed by atoms with Crippen LogP contribution in [0.1, 0.15) is 57.2 Å². The molecule has 2 amide bonds. The van der Waals surface area contributed by atoms with Gasteiger partial charge in [0.25, 0.3) is 0 Å². The number of benzene rings is 1. The minimum atomic E-state index is -1.17. The minimum absolute atomic E-state index is 0.174. The first-order chi connectivity index (χ1) is 13.6. The molecule has 6 heteroatoms. The number of carbonyl (C=O) groups excluding carboxylic acids is 2. The minimum Gasteiger partial charge on any atom is -0.464 e. The molecule has 6 nitrogen and oxygen atoms in total. The Kier molecular flexibility index (Phi) is 5.04. The largest absolute Gasteiger partial charge is 0.464 e. The molecule has 4 rings (SSSR count). The van der Waals surface area contributed by atoms with Crippen LogP contribution < -0.4 is 5.32 Å². The summed E-state index contributed by atoms with van der Waals surface area (Å²) in [5.41, 5.74) is 1.70. The van der Waals surface area contributed by atoms with E-state index in [0.29, 0.717) is 13.0 Å². The number of aromatic amines is 1. The number of hydrogen-bond donors (Lipinski definition) is 2. The van der Waals surface area contributed by atoms with E-state index in [0.717, 1.165) is 47.8 Å². The van der Waals surface area contributed by atoms with E-state index in [-0.39, 0.29) is 24.6 Å². The van der Waals surface area contributed by atoms with E-state index in [2.05, 4.69) is 16.4 Å². The Labute approximate surface area is 165 Å². The highest BCUT2D eigenvalue weighted by molar-refractivity contribution is 5.93. The molecule has 1 aromatic heterocycles. The van der Waals surface area contributed by atoms with Crippen molar-refractivity contribution in [1.82, 2.24) is 15.2 Å². The Balaban J connectivity index is 1.72. The smallest absolute Gasteiger partial charge is 0.338 e. The monoisotopic (exact) mass is 383 g/mol. The maximum Gasteiger partial charge on any atom is 0.338 e. The SMILES string of the molecule is CCOC(=O)[C@@]1(C)c2[nH]c3ccccc3c2CCN1C(=O)NC1CCCCC1. The van der Waals surface area contributed by atoms with E-state index < -0.39 is 5.54 Å². The van der Waals surface area contributed by atoms with E-state index in [1.165, 1.54) is 6.42 Å². The quantitative estimate of drug-likeness (QED) is 0.791. The second-order valence-corrected chi connectivity index (χ2v) is 8.00. The first-order valence-electron chi connectivity index (χ1n) is 10.4. The van der Waals surface area contributed by atoms with Crippen LogP contribution in [-0.2, 0) is 21.5 Å². The van der Waals surface area contributed by atoms with Gasteiger partial charge in [-0.3, -0.25) is 0 Å². The predicted octanol–water partition coefficient (Wildman–Crippen LogP) is 3.85. The third-order valence-electron chi connectivity index (χ3n) is 6.28. The number of carbonyl (C=O) groups is 2. The van der Waals surface area contributed by atoms with Gasteiger partial charge in [-0.25, -0.2) is 9.59 Å². The molecule has 150 valence electrons. The van der Waals surface area contributed by atoms with Crippen LogP contribution in [0.5, 0.6) is 0 Å². The molecule has 28 heavy (non-hydrogen) atoms. The van der Waals surface area contributed by atoms with Crippen LogP contribution >= 0.6 is 0 Å². The lowest BCUT2D eigenvalue weighted by molar-refractivity contribution is -0.156. The third-order valence-corrected chi connectivity index (χ3v) is 6.28. The molecule has 0 unspecified atom stereocenters. The van der Waals surface area contributed by atoms with E-state index in [1.807, 2.05) is 18.2 Å². The summed E-state index contributed by atoms with van der Waals surface area (Å²) in [6, 6.07) is 8.06. The number of esters is 1. The summed E-state index contributed by atoms with van der Waals surface area (Å²) in [4.78, 5) is 31.4. The normalized spacial score (nSPS) is 22.7. The number of H-pyrrole nitrogens is 1. The zero-order chi connectivity index (χ0) is 19.7. The molecule has 1 aromatic carbocycles. The molecular weight excluding hydrogens is 354 g/mol. The van der Waals surface area contributed by atoms with Crippen molar-refractivity contribution in [1.29, 1.82) is 0 Å². The molecule has 0 radical (unpaired) electrons. The van der Waals surface area contributed by atoms with E-state index in [9.17, 15) is 9.59 Å². The molecule has 2 aliphatic rings. The summed E-state index contributed by atoms with van der Waals surface area (Å²) in [6.07, 6.45) is 6.25. The summed E-state index contributed by atoms with van der Waals surface area (Å²) in [5.74, 6) is -0.388. The van der Waals surface area contributed by atoms with Crippen LogP contribution in [0, 0.1) is 0 Å². The van der Waals surface area contributed by atoms with Gasteiger partial charge >= 0.3 is 12.0 Å². The number of ether oxygens (including phenoxy) is 1. The Morgan fingerprint density at radius 2 is 2.00 bits per heavy atom. The lowest BCUT2D eigenvalue weighted by Crippen LogP contribution is -2.60. The van der Waals surface area contributed by atoms with Crippen molar-refractivity contribution in [2.75, 3.05) is 13.2 Å². The second-order valence-electron chi connectivity index (χ2n) is 8.00. The Morgan fingerprint density at radius 3 is 2.75 bits per heavy atom. The third kappa shape index (κ3) is 3.05. The van der Waals surface area contributed by atoms with Crippen molar-refractivity contribution in [3.63, 3.8) is 0 Å². The van der Waals surface area contributed by atoms with Crippen LogP contribution in [0.4, 0.5) is 4.79 Å². The average molecular weight is 383 g/mol. The average Bonchev–Trinajstić information content (AvgIpc) is 3.09. The first-order valence-corrected chi connectivity index (χ1v) is 10.4. The number of rotatable bonds is 3. The number of amides is 2. The van der Waals surface area contributed by atoms with Crippen molar-refractivity contribution >= 4 is 22.9 Å². The standard InChI is InChI=1S/C22H29N3O3/c1-3-28-20(26)22(2)19-17(16-11-7-8-12-18(16)24-19)13-14-25(22)21(27)23-15-9-5-4-6-10-15/h7-8,11-12,15,24H,3-6,9-10,13-14H2,1-2H3,(H,23,27)/t22-/m1/s1. The van der Waals surface area contributed by atoms with Crippen molar-refractivity contribution in [2.24, 2.45) is 0 Å². The fourth-order valence-electron chi connectivity index (χ4n) is 4.75. The van der Waals surface area contributed by atoms with Gasteiger partial charge in [-0.1, -0.05) is 37.5 Å². The van der Waals surface area contributed by atoms with Crippen molar-refractivity contribution < 1.29 is 14.3 Å². The number of urea groups is 1. The van der Waals surface area contributed by atoms with Crippen LogP contribution in [0.25, 0.3) is 10.9 Å². The zero-order valence-electron chi connectivity index (χ0n) is 16.7. The van der Waals surface area contributed by atoms with Crippen LogP contribution in [-0.4, -0.2) is 41.1 Å². The maximum absolute atomic E-state index is 13.2. The van der Waals surface area contributed by atoms with E-state index in [1.54, 1.807) is 18.7 Å². The van der Waals surface area contributed by atoms with Gasteiger partial charge in [0.1, 0.15) is 0 Å². The lowest BCUT2D eigenvalue weighted by Gasteiger charge is -2.43.